The number of nitrogens with zero attached hydrogens (tertiary/aromatic N) is 2. The fourth-order valence-corrected chi connectivity index (χ4v) is 3.50. The molecule has 0 fully saturated rings. The predicted octanol–water partition coefficient (Wildman–Crippen LogP) is 4.48. The zero-order chi connectivity index (χ0) is 15.2. The molecule has 1 aliphatic carbocycles. The second-order valence-corrected chi connectivity index (χ2v) is 5.93. The van der Waals surface area contributed by atoms with Crippen LogP contribution < -0.4 is 5.32 Å². The molecule has 0 amide bonds. The number of para-hydroxylation sites is 1. The summed E-state index contributed by atoms with van der Waals surface area (Å²) in [6.45, 7) is 0. The van der Waals surface area contributed by atoms with E-state index in [1.807, 2.05) is 24.3 Å². The van der Waals surface area contributed by atoms with Gasteiger partial charge >= 0.3 is 0 Å². The van der Waals surface area contributed by atoms with E-state index in [1.54, 1.807) is 6.33 Å². The molecular weight excluding hydrogens is 286 g/mol. The van der Waals surface area contributed by atoms with Crippen LogP contribution in [0.15, 0.2) is 59.3 Å². The summed E-state index contributed by atoms with van der Waals surface area (Å²) in [5.74, 6) is 0.771. The summed E-state index contributed by atoms with van der Waals surface area (Å²) < 4.78 is 5.99. The number of hydrogen-bond donors (Lipinski definition) is 1. The molecule has 1 N–H and O–H groups in total. The van der Waals surface area contributed by atoms with Crippen LogP contribution in [0.25, 0.3) is 22.1 Å². The Bertz CT molecular complexity index is 1020. The van der Waals surface area contributed by atoms with E-state index >= 15 is 0 Å². The summed E-state index contributed by atoms with van der Waals surface area (Å²) in [4.78, 5) is 8.83. The maximum absolute atomic E-state index is 5.99. The van der Waals surface area contributed by atoms with Gasteiger partial charge in [0.2, 0.25) is 0 Å². The smallest absolute Gasteiger partial charge is 0.196 e. The molecule has 0 saturated carbocycles. The molecule has 4 aromatic rings. The molecule has 23 heavy (non-hydrogen) atoms. The molecule has 0 aliphatic heterocycles. The minimum atomic E-state index is 0.275. The number of anilines is 1. The molecule has 4 nitrogen and oxygen atoms in total. The SMILES string of the molecule is c1ccc2c(c1)CCC2Nc1ncnc2c1oc1ccccc12. The highest BCUT2D eigenvalue weighted by atomic mass is 16.3. The number of nitrogens with one attached hydrogen (secondary N) is 1. The van der Waals surface area contributed by atoms with Crippen molar-refractivity contribution < 1.29 is 4.42 Å². The zero-order valence-electron chi connectivity index (χ0n) is 12.5. The van der Waals surface area contributed by atoms with Crippen LogP contribution in [0.3, 0.4) is 0 Å². The summed E-state index contributed by atoms with van der Waals surface area (Å²) in [6, 6.07) is 16.8. The predicted molar refractivity (Wildman–Crippen MR) is 90.4 cm³/mol. The molecule has 112 valence electrons. The lowest BCUT2D eigenvalue weighted by Crippen LogP contribution is -2.08. The molecule has 1 unspecified atom stereocenters. The molecule has 0 saturated heterocycles. The Labute approximate surface area is 133 Å². The Morgan fingerprint density at radius 2 is 1.87 bits per heavy atom. The minimum absolute atomic E-state index is 0.275. The Morgan fingerprint density at radius 1 is 1.00 bits per heavy atom. The van der Waals surface area contributed by atoms with Crippen molar-refractivity contribution in [2.75, 3.05) is 5.32 Å². The highest BCUT2D eigenvalue weighted by molar-refractivity contribution is 6.05. The Hall–Kier alpha value is -2.88. The lowest BCUT2D eigenvalue weighted by Gasteiger charge is -2.14. The first-order valence-corrected chi connectivity index (χ1v) is 7.87. The number of hydrogen-bond acceptors (Lipinski definition) is 4. The quantitative estimate of drug-likeness (QED) is 0.593. The van der Waals surface area contributed by atoms with Gasteiger partial charge in [-0.25, -0.2) is 9.97 Å². The molecule has 0 bridgehead atoms. The topological polar surface area (TPSA) is 51.0 Å². The Morgan fingerprint density at radius 3 is 2.87 bits per heavy atom. The highest BCUT2D eigenvalue weighted by Gasteiger charge is 2.23. The molecule has 0 spiro atoms. The Balaban J connectivity index is 1.61. The molecule has 1 aliphatic rings. The number of fused-ring (bicyclic) bond motifs is 4. The van der Waals surface area contributed by atoms with Crippen molar-refractivity contribution in [2.45, 2.75) is 18.9 Å². The number of aryl methyl sites for hydroxylation is 1. The van der Waals surface area contributed by atoms with Gasteiger partial charge in [0.1, 0.15) is 17.4 Å². The Kier molecular flexibility index (Phi) is 2.65. The minimum Gasteiger partial charge on any atom is -0.450 e. The molecule has 2 aromatic carbocycles. The van der Waals surface area contributed by atoms with Crippen molar-refractivity contribution in [1.29, 1.82) is 0 Å². The van der Waals surface area contributed by atoms with E-state index in [0.717, 1.165) is 40.7 Å². The van der Waals surface area contributed by atoms with Crippen LogP contribution in [0, 0.1) is 0 Å². The van der Waals surface area contributed by atoms with E-state index in [1.165, 1.54) is 11.1 Å². The summed E-state index contributed by atoms with van der Waals surface area (Å²) in [7, 11) is 0. The molecular formula is C19H15N3O. The van der Waals surface area contributed by atoms with Gasteiger partial charge in [-0.1, -0.05) is 36.4 Å². The van der Waals surface area contributed by atoms with Crippen LogP contribution in [0.1, 0.15) is 23.6 Å². The number of benzene rings is 2. The van der Waals surface area contributed by atoms with Gasteiger partial charge in [-0.15, -0.1) is 0 Å². The van der Waals surface area contributed by atoms with Crippen LogP contribution in [0.4, 0.5) is 5.82 Å². The van der Waals surface area contributed by atoms with Crippen molar-refractivity contribution in [3.63, 3.8) is 0 Å². The van der Waals surface area contributed by atoms with Crippen molar-refractivity contribution in [3.8, 4) is 0 Å². The molecule has 1 atom stereocenters. The van der Waals surface area contributed by atoms with E-state index in [-0.39, 0.29) is 6.04 Å². The van der Waals surface area contributed by atoms with Gasteiger partial charge in [-0.3, -0.25) is 0 Å². The van der Waals surface area contributed by atoms with Gasteiger partial charge in [0.25, 0.3) is 0 Å². The van der Waals surface area contributed by atoms with Gasteiger partial charge in [0.15, 0.2) is 11.4 Å². The molecule has 2 heterocycles. The fraction of sp³-hybridized carbons (Fsp3) is 0.158. The lowest BCUT2D eigenvalue weighted by molar-refractivity contribution is 0.663. The normalized spacial score (nSPS) is 16.8. The van der Waals surface area contributed by atoms with Crippen molar-refractivity contribution in [3.05, 3.63) is 66.0 Å². The average Bonchev–Trinajstić information content (AvgIpc) is 3.17. The van der Waals surface area contributed by atoms with E-state index < -0.39 is 0 Å². The third-order valence-electron chi connectivity index (χ3n) is 4.60. The standard InChI is InChI=1S/C19H15N3O/c1-2-6-13-12(5-1)9-10-15(13)22-19-18-17(20-11-21-19)14-7-3-4-8-16(14)23-18/h1-8,11,15H,9-10H2,(H,20,21,22). The highest BCUT2D eigenvalue weighted by Crippen LogP contribution is 2.36. The number of aromatic nitrogens is 2. The summed E-state index contributed by atoms with van der Waals surface area (Å²) >= 11 is 0. The van der Waals surface area contributed by atoms with Gasteiger partial charge in [-0.05, 0) is 36.1 Å². The third-order valence-corrected chi connectivity index (χ3v) is 4.60. The van der Waals surface area contributed by atoms with Crippen molar-refractivity contribution in [2.24, 2.45) is 0 Å². The first kappa shape index (κ1) is 12.6. The van der Waals surface area contributed by atoms with Crippen LogP contribution in [0.2, 0.25) is 0 Å². The summed E-state index contributed by atoms with van der Waals surface area (Å²) in [6.07, 6.45) is 3.78. The first-order chi connectivity index (χ1) is 11.4. The van der Waals surface area contributed by atoms with Gasteiger partial charge < -0.3 is 9.73 Å². The molecule has 0 radical (unpaired) electrons. The van der Waals surface area contributed by atoms with Crippen LogP contribution in [-0.4, -0.2) is 9.97 Å². The maximum Gasteiger partial charge on any atom is 0.196 e. The van der Waals surface area contributed by atoms with Gasteiger partial charge in [0, 0.05) is 5.39 Å². The van der Waals surface area contributed by atoms with E-state index in [9.17, 15) is 0 Å². The summed E-state index contributed by atoms with van der Waals surface area (Å²) in [5.41, 5.74) is 5.22. The summed E-state index contributed by atoms with van der Waals surface area (Å²) in [5, 5.41) is 4.58. The van der Waals surface area contributed by atoms with E-state index in [4.69, 9.17) is 4.42 Å². The average molecular weight is 301 g/mol. The maximum atomic E-state index is 5.99. The van der Waals surface area contributed by atoms with Crippen molar-refractivity contribution in [1.82, 2.24) is 9.97 Å². The monoisotopic (exact) mass is 301 g/mol. The molecule has 5 rings (SSSR count). The number of rotatable bonds is 2. The van der Waals surface area contributed by atoms with Gasteiger partial charge in [0.05, 0.1) is 6.04 Å². The second kappa shape index (κ2) is 4.81. The van der Waals surface area contributed by atoms with Gasteiger partial charge in [-0.2, -0.15) is 0 Å². The molecule has 4 heteroatoms. The van der Waals surface area contributed by atoms with E-state index in [2.05, 4.69) is 39.6 Å². The van der Waals surface area contributed by atoms with Crippen LogP contribution in [0.5, 0.6) is 0 Å². The number of furan rings is 1. The molecule has 2 aromatic heterocycles. The zero-order valence-corrected chi connectivity index (χ0v) is 12.5. The van der Waals surface area contributed by atoms with E-state index in [0.29, 0.717) is 0 Å². The largest absolute Gasteiger partial charge is 0.450 e. The second-order valence-electron chi connectivity index (χ2n) is 5.93. The fourth-order valence-electron chi connectivity index (χ4n) is 3.50. The van der Waals surface area contributed by atoms with Crippen molar-refractivity contribution >= 4 is 27.9 Å². The lowest BCUT2D eigenvalue weighted by atomic mass is 10.1. The third kappa shape index (κ3) is 1.91. The first-order valence-electron chi connectivity index (χ1n) is 7.87. The van der Waals surface area contributed by atoms with Crippen LogP contribution in [-0.2, 0) is 6.42 Å². The van der Waals surface area contributed by atoms with Crippen LogP contribution >= 0.6 is 0 Å².